The molecule has 0 heterocycles. The van der Waals surface area contributed by atoms with E-state index in [4.69, 9.17) is 0 Å². The van der Waals surface area contributed by atoms with Gasteiger partial charge in [0.2, 0.25) is 5.91 Å². The van der Waals surface area contributed by atoms with Crippen LogP contribution in [0.5, 0.6) is 0 Å². The number of amides is 1. The Morgan fingerprint density at radius 2 is 1.86 bits per heavy atom. The largest absolute Gasteiger partial charge is 0.355 e. The predicted molar refractivity (Wildman–Crippen MR) is 64.8 cm³/mol. The van der Waals surface area contributed by atoms with Gasteiger partial charge >= 0.3 is 0 Å². The molecule has 0 aromatic heterocycles. The maximum atomic E-state index is 10.8. The molecule has 84 valence electrons. The zero-order valence-electron chi connectivity index (χ0n) is 9.38. The van der Waals surface area contributed by atoms with E-state index in [0.717, 1.165) is 18.9 Å². The van der Waals surface area contributed by atoms with Gasteiger partial charge in [-0.1, -0.05) is 39.5 Å². The zero-order valence-corrected chi connectivity index (χ0v) is 10.3. The van der Waals surface area contributed by atoms with E-state index in [1.807, 2.05) is 0 Å². The van der Waals surface area contributed by atoms with Crippen LogP contribution in [0.2, 0.25) is 0 Å². The number of nitrogens with one attached hydrogen (secondary N) is 1. The third-order valence-corrected chi connectivity index (χ3v) is 2.46. The zero-order chi connectivity index (χ0) is 10.8. The highest BCUT2D eigenvalue weighted by molar-refractivity contribution is 7.81. The summed E-state index contributed by atoms with van der Waals surface area (Å²) in [5, 5.41) is 2.82. The van der Waals surface area contributed by atoms with Crippen molar-refractivity contribution in [3.8, 4) is 0 Å². The molecule has 0 rings (SSSR count). The second kappa shape index (κ2) is 9.38. The number of hydrogen-bond acceptors (Lipinski definition) is 2. The molecule has 0 aliphatic rings. The lowest BCUT2D eigenvalue weighted by Crippen LogP contribution is -2.25. The SMILES string of the molecule is CC(C)CCCCCCNC(=O)CS. The molecular weight excluding hydrogens is 194 g/mol. The van der Waals surface area contributed by atoms with Gasteiger partial charge in [-0.15, -0.1) is 0 Å². The molecule has 0 aromatic carbocycles. The molecule has 0 saturated heterocycles. The van der Waals surface area contributed by atoms with Crippen LogP contribution in [0.4, 0.5) is 0 Å². The minimum Gasteiger partial charge on any atom is -0.355 e. The van der Waals surface area contributed by atoms with E-state index in [9.17, 15) is 4.79 Å². The number of thiol groups is 1. The van der Waals surface area contributed by atoms with Crippen LogP contribution >= 0.6 is 12.6 Å². The van der Waals surface area contributed by atoms with Crippen molar-refractivity contribution in [3.63, 3.8) is 0 Å². The summed E-state index contributed by atoms with van der Waals surface area (Å²) < 4.78 is 0. The Morgan fingerprint density at radius 3 is 2.43 bits per heavy atom. The average molecular weight is 217 g/mol. The molecule has 0 bridgehead atoms. The monoisotopic (exact) mass is 217 g/mol. The molecule has 0 fully saturated rings. The summed E-state index contributed by atoms with van der Waals surface area (Å²) in [6.07, 6.45) is 6.24. The fraction of sp³-hybridized carbons (Fsp3) is 0.909. The van der Waals surface area contributed by atoms with Crippen LogP contribution in [0.1, 0.15) is 46.0 Å². The molecule has 0 spiro atoms. The topological polar surface area (TPSA) is 29.1 Å². The standard InChI is InChI=1S/C11H23NOS/c1-10(2)7-5-3-4-6-8-12-11(13)9-14/h10,14H,3-9H2,1-2H3,(H,12,13). The Bertz CT molecular complexity index is 148. The second-order valence-electron chi connectivity index (χ2n) is 4.10. The van der Waals surface area contributed by atoms with Crippen LogP contribution in [-0.4, -0.2) is 18.2 Å². The van der Waals surface area contributed by atoms with Gasteiger partial charge in [-0.3, -0.25) is 4.79 Å². The summed E-state index contributed by atoms with van der Waals surface area (Å²) in [5.41, 5.74) is 0. The Labute approximate surface area is 93.3 Å². The molecule has 1 N–H and O–H groups in total. The first-order valence-corrected chi connectivity index (χ1v) is 6.17. The molecule has 1 amide bonds. The van der Waals surface area contributed by atoms with Gasteiger partial charge in [0.25, 0.3) is 0 Å². The minimum atomic E-state index is 0.0375. The molecule has 0 radical (unpaired) electrons. The highest BCUT2D eigenvalue weighted by atomic mass is 32.1. The molecule has 3 heteroatoms. The first-order valence-electron chi connectivity index (χ1n) is 5.54. The lowest BCUT2D eigenvalue weighted by molar-refractivity contribution is -0.118. The van der Waals surface area contributed by atoms with Crippen molar-refractivity contribution in [2.24, 2.45) is 5.92 Å². The van der Waals surface area contributed by atoms with E-state index in [-0.39, 0.29) is 5.91 Å². The van der Waals surface area contributed by atoms with E-state index in [2.05, 4.69) is 31.8 Å². The second-order valence-corrected chi connectivity index (χ2v) is 4.42. The highest BCUT2D eigenvalue weighted by Gasteiger charge is 1.96. The Kier molecular flexibility index (Phi) is 9.26. The van der Waals surface area contributed by atoms with Gasteiger partial charge in [0.15, 0.2) is 0 Å². The molecule has 2 nitrogen and oxygen atoms in total. The molecule has 0 atom stereocenters. The van der Waals surface area contributed by atoms with Crippen LogP contribution in [0, 0.1) is 5.92 Å². The van der Waals surface area contributed by atoms with Gasteiger partial charge < -0.3 is 5.32 Å². The fourth-order valence-corrected chi connectivity index (χ4v) is 1.43. The number of carbonyl (C=O) groups excluding carboxylic acids is 1. The quantitative estimate of drug-likeness (QED) is 0.475. The number of carbonyl (C=O) groups is 1. The van der Waals surface area contributed by atoms with E-state index in [1.54, 1.807) is 0 Å². The number of unbranched alkanes of at least 4 members (excludes halogenated alkanes) is 3. The van der Waals surface area contributed by atoms with Crippen LogP contribution in [0.25, 0.3) is 0 Å². The molecule has 0 unspecified atom stereocenters. The van der Waals surface area contributed by atoms with Gasteiger partial charge in [-0.05, 0) is 12.3 Å². The summed E-state index contributed by atoms with van der Waals surface area (Å²) >= 11 is 3.88. The lowest BCUT2D eigenvalue weighted by atomic mass is 10.0. The molecule has 0 aliphatic heterocycles. The molecule has 14 heavy (non-hydrogen) atoms. The third kappa shape index (κ3) is 9.90. The molecular formula is C11H23NOS. The van der Waals surface area contributed by atoms with Crippen molar-refractivity contribution in [3.05, 3.63) is 0 Å². The first-order chi connectivity index (χ1) is 6.66. The first kappa shape index (κ1) is 13.8. The van der Waals surface area contributed by atoms with Crippen LogP contribution in [-0.2, 0) is 4.79 Å². The summed E-state index contributed by atoms with van der Waals surface area (Å²) in [6.45, 7) is 5.32. The maximum absolute atomic E-state index is 10.8. The Hall–Kier alpha value is -0.180. The van der Waals surface area contributed by atoms with Crippen molar-refractivity contribution in [2.45, 2.75) is 46.0 Å². The van der Waals surface area contributed by atoms with Crippen molar-refractivity contribution in [2.75, 3.05) is 12.3 Å². The third-order valence-electron chi connectivity index (χ3n) is 2.17. The summed E-state index contributed by atoms with van der Waals surface area (Å²) in [6, 6.07) is 0. The van der Waals surface area contributed by atoms with Crippen LogP contribution < -0.4 is 5.32 Å². The van der Waals surface area contributed by atoms with E-state index in [1.165, 1.54) is 25.7 Å². The summed E-state index contributed by atoms with van der Waals surface area (Å²) in [4.78, 5) is 10.8. The van der Waals surface area contributed by atoms with Gasteiger partial charge in [0.1, 0.15) is 0 Å². The predicted octanol–water partition coefficient (Wildman–Crippen LogP) is 2.64. The van der Waals surface area contributed by atoms with Crippen molar-refractivity contribution in [1.29, 1.82) is 0 Å². The molecule has 0 aromatic rings. The Balaban J connectivity index is 3.03. The van der Waals surface area contributed by atoms with Crippen molar-refractivity contribution in [1.82, 2.24) is 5.32 Å². The van der Waals surface area contributed by atoms with E-state index in [0.29, 0.717) is 5.75 Å². The summed E-state index contributed by atoms with van der Waals surface area (Å²) in [7, 11) is 0. The Morgan fingerprint density at radius 1 is 1.21 bits per heavy atom. The lowest BCUT2D eigenvalue weighted by Gasteiger charge is -2.05. The highest BCUT2D eigenvalue weighted by Crippen LogP contribution is 2.08. The van der Waals surface area contributed by atoms with Gasteiger partial charge in [0.05, 0.1) is 5.75 Å². The van der Waals surface area contributed by atoms with Gasteiger partial charge in [-0.2, -0.15) is 12.6 Å². The number of hydrogen-bond donors (Lipinski definition) is 2. The average Bonchev–Trinajstić information content (AvgIpc) is 2.15. The van der Waals surface area contributed by atoms with Gasteiger partial charge in [0, 0.05) is 6.54 Å². The van der Waals surface area contributed by atoms with Crippen molar-refractivity contribution < 1.29 is 4.79 Å². The molecule has 0 saturated carbocycles. The summed E-state index contributed by atoms with van der Waals surface area (Å²) in [5.74, 6) is 1.15. The van der Waals surface area contributed by atoms with E-state index >= 15 is 0 Å². The number of rotatable bonds is 8. The van der Waals surface area contributed by atoms with Crippen LogP contribution in [0.3, 0.4) is 0 Å². The van der Waals surface area contributed by atoms with Crippen molar-refractivity contribution >= 4 is 18.5 Å². The molecule has 0 aliphatic carbocycles. The van der Waals surface area contributed by atoms with E-state index < -0.39 is 0 Å². The van der Waals surface area contributed by atoms with Crippen LogP contribution in [0.15, 0.2) is 0 Å². The normalized spacial score (nSPS) is 10.6. The van der Waals surface area contributed by atoms with Gasteiger partial charge in [-0.25, -0.2) is 0 Å². The smallest absolute Gasteiger partial charge is 0.229 e. The minimum absolute atomic E-state index is 0.0375. The fourth-order valence-electron chi connectivity index (χ4n) is 1.31. The maximum Gasteiger partial charge on any atom is 0.229 e.